The average Bonchev–Trinajstić information content (AvgIpc) is 3.79. The van der Waals surface area contributed by atoms with E-state index in [1.807, 2.05) is 11.3 Å². The maximum atomic E-state index is 2.50. The van der Waals surface area contributed by atoms with Crippen LogP contribution in [0.1, 0.15) is 22.3 Å². The quantitative estimate of drug-likeness (QED) is 0.166. The molecule has 0 fully saturated rings. The minimum absolute atomic E-state index is 0.460. The summed E-state index contributed by atoms with van der Waals surface area (Å²) in [4.78, 5) is 2.41. The summed E-state index contributed by atoms with van der Waals surface area (Å²) in [7, 11) is 0. The van der Waals surface area contributed by atoms with Crippen molar-refractivity contribution in [1.29, 1.82) is 0 Å². The Morgan fingerprint density at radius 1 is 0.382 bits per heavy atom. The fraction of sp³-hybridized carbons (Fsp3) is 0.0189. The molecule has 0 N–H and O–H groups in total. The number of benzene rings is 9. The zero-order valence-electron chi connectivity index (χ0n) is 30.1. The molecule has 258 valence electrons. The number of fused-ring (bicyclic) bond motifs is 8. The fourth-order valence-corrected chi connectivity index (χ4v) is 10.5. The lowest BCUT2D eigenvalue weighted by Crippen LogP contribution is -2.28. The second kappa shape index (κ2) is 12.7. The lowest BCUT2D eigenvalue weighted by molar-refractivity contribution is 0.769. The third-order valence-corrected chi connectivity index (χ3v) is 12.7. The van der Waals surface area contributed by atoms with E-state index in [4.69, 9.17) is 0 Å². The Hall–Kier alpha value is -6.74. The molecule has 1 aliphatic carbocycles. The van der Waals surface area contributed by atoms with Gasteiger partial charge in [0.1, 0.15) is 0 Å². The van der Waals surface area contributed by atoms with Crippen molar-refractivity contribution >= 4 is 59.3 Å². The van der Waals surface area contributed by atoms with Gasteiger partial charge in [-0.05, 0) is 98.4 Å². The minimum atomic E-state index is -0.460. The van der Waals surface area contributed by atoms with Crippen molar-refractivity contribution in [2.24, 2.45) is 0 Å². The van der Waals surface area contributed by atoms with Gasteiger partial charge in [0.15, 0.2) is 0 Å². The highest BCUT2D eigenvalue weighted by Crippen LogP contribution is 2.57. The summed E-state index contributed by atoms with van der Waals surface area (Å²) in [6.07, 6.45) is 0. The Labute approximate surface area is 325 Å². The van der Waals surface area contributed by atoms with Crippen molar-refractivity contribution in [2.75, 3.05) is 4.90 Å². The van der Waals surface area contributed by atoms with Gasteiger partial charge >= 0.3 is 0 Å². The standard InChI is InChI=1S/C53H35NS/c1-5-18-37(19-6-1)53(38-20-7-2-8-21-38)47-29-16-15-27-42(47)43-33-32-36(34-48(43)53)45-35-46-51-49(54(39-22-9-3-10-23-39)40-24-11-4-12-25-40)30-17-31-50(51)55-52(46)44-28-14-13-26-41(44)45/h1-35H. The SMILES string of the molecule is c1ccc(N(c2ccccc2)c2cccc3sc4c5ccccc5c(-c5ccc6c(c5)C(c5ccccc5)(c5ccccc5)c5ccccc5-6)cc4c23)cc1. The average molecular weight is 718 g/mol. The molecule has 0 saturated carbocycles. The smallest absolute Gasteiger partial charge is 0.0713 e. The maximum Gasteiger partial charge on any atom is 0.0713 e. The molecule has 9 aromatic carbocycles. The van der Waals surface area contributed by atoms with Crippen LogP contribution in [0.2, 0.25) is 0 Å². The third kappa shape index (κ3) is 4.78. The molecule has 0 radical (unpaired) electrons. The highest BCUT2D eigenvalue weighted by atomic mass is 32.1. The second-order valence-corrected chi connectivity index (χ2v) is 15.4. The molecule has 0 unspecified atom stereocenters. The number of rotatable bonds is 6. The Balaban J connectivity index is 1.21. The monoisotopic (exact) mass is 717 g/mol. The highest BCUT2D eigenvalue weighted by Gasteiger charge is 2.46. The van der Waals surface area contributed by atoms with Crippen LogP contribution in [0.25, 0.3) is 53.2 Å². The van der Waals surface area contributed by atoms with Crippen LogP contribution in [0.15, 0.2) is 212 Å². The van der Waals surface area contributed by atoms with E-state index in [2.05, 4.69) is 217 Å². The van der Waals surface area contributed by atoms with Crippen molar-refractivity contribution in [3.63, 3.8) is 0 Å². The van der Waals surface area contributed by atoms with E-state index >= 15 is 0 Å². The van der Waals surface area contributed by atoms with E-state index < -0.39 is 5.41 Å². The van der Waals surface area contributed by atoms with Gasteiger partial charge in [0.05, 0.1) is 11.1 Å². The molecule has 0 amide bonds. The molecule has 1 nitrogen and oxygen atoms in total. The Bertz CT molecular complexity index is 2940. The van der Waals surface area contributed by atoms with Crippen LogP contribution in [-0.4, -0.2) is 0 Å². The van der Waals surface area contributed by atoms with Crippen LogP contribution < -0.4 is 4.90 Å². The number of nitrogens with zero attached hydrogens (tertiary/aromatic N) is 1. The molecule has 1 heterocycles. The van der Waals surface area contributed by atoms with Gasteiger partial charge in [0, 0.05) is 36.9 Å². The Kier molecular flexibility index (Phi) is 7.33. The molecular weight excluding hydrogens is 683 g/mol. The van der Waals surface area contributed by atoms with Gasteiger partial charge < -0.3 is 4.90 Å². The molecule has 11 rings (SSSR count). The lowest BCUT2D eigenvalue weighted by Gasteiger charge is -2.34. The first kappa shape index (κ1) is 31.8. The molecule has 0 spiro atoms. The van der Waals surface area contributed by atoms with Crippen molar-refractivity contribution in [3.05, 3.63) is 235 Å². The molecule has 0 aliphatic heterocycles. The second-order valence-electron chi connectivity index (χ2n) is 14.4. The van der Waals surface area contributed by atoms with Crippen molar-refractivity contribution in [3.8, 4) is 22.3 Å². The van der Waals surface area contributed by atoms with Gasteiger partial charge in [-0.15, -0.1) is 11.3 Å². The zero-order chi connectivity index (χ0) is 36.3. The van der Waals surface area contributed by atoms with Crippen molar-refractivity contribution in [2.45, 2.75) is 5.41 Å². The van der Waals surface area contributed by atoms with Crippen LogP contribution in [-0.2, 0) is 5.41 Å². The van der Waals surface area contributed by atoms with Gasteiger partial charge in [-0.1, -0.05) is 164 Å². The first-order valence-electron chi connectivity index (χ1n) is 18.9. The lowest BCUT2D eigenvalue weighted by atomic mass is 9.67. The number of hydrogen-bond acceptors (Lipinski definition) is 2. The van der Waals surface area contributed by atoms with Crippen LogP contribution in [0.4, 0.5) is 17.1 Å². The van der Waals surface area contributed by atoms with Gasteiger partial charge in [0.25, 0.3) is 0 Å². The molecule has 1 aliphatic rings. The summed E-state index contributed by atoms with van der Waals surface area (Å²) in [5, 5.41) is 5.11. The van der Waals surface area contributed by atoms with Crippen LogP contribution in [0, 0.1) is 0 Å². The van der Waals surface area contributed by atoms with Crippen LogP contribution >= 0.6 is 11.3 Å². The molecule has 10 aromatic rings. The van der Waals surface area contributed by atoms with Gasteiger partial charge in [-0.3, -0.25) is 0 Å². The Morgan fingerprint density at radius 3 is 1.62 bits per heavy atom. The van der Waals surface area contributed by atoms with Crippen LogP contribution in [0.3, 0.4) is 0 Å². The van der Waals surface area contributed by atoms with Gasteiger partial charge in [-0.25, -0.2) is 0 Å². The molecule has 2 heteroatoms. The Morgan fingerprint density at radius 2 is 0.945 bits per heavy atom. The number of anilines is 3. The van der Waals surface area contributed by atoms with E-state index in [-0.39, 0.29) is 0 Å². The predicted molar refractivity (Wildman–Crippen MR) is 234 cm³/mol. The number of para-hydroxylation sites is 2. The van der Waals surface area contributed by atoms with E-state index in [1.54, 1.807) is 0 Å². The first-order chi connectivity index (χ1) is 27.3. The first-order valence-corrected chi connectivity index (χ1v) is 19.8. The van der Waals surface area contributed by atoms with E-state index in [9.17, 15) is 0 Å². The number of hydrogen-bond donors (Lipinski definition) is 0. The highest BCUT2D eigenvalue weighted by molar-refractivity contribution is 7.26. The molecular formula is C53H35NS. The topological polar surface area (TPSA) is 3.24 Å². The molecule has 0 saturated heterocycles. The molecule has 55 heavy (non-hydrogen) atoms. The maximum absolute atomic E-state index is 2.50. The van der Waals surface area contributed by atoms with E-state index in [0.717, 1.165) is 11.4 Å². The van der Waals surface area contributed by atoms with Gasteiger partial charge in [0.2, 0.25) is 0 Å². The van der Waals surface area contributed by atoms with Gasteiger partial charge in [-0.2, -0.15) is 0 Å². The van der Waals surface area contributed by atoms with E-state index in [1.165, 1.54) is 81.1 Å². The zero-order valence-corrected chi connectivity index (χ0v) is 30.9. The normalized spacial score (nSPS) is 12.9. The summed E-state index contributed by atoms with van der Waals surface area (Å²) in [6, 6.07) is 78.1. The van der Waals surface area contributed by atoms with Crippen molar-refractivity contribution < 1.29 is 0 Å². The fourth-order valence-electron chi connectivity index (χ4n) is 9.25. The summed E-state index contributed by atoms with van der Waals surface area (Å²) < 4.78 is 2.60. The third-order valence-electron chi connectivity index (χ3n) is 11.5. The summed E-state index contributed by atoms with van der Waals surface area (Å²) >= 11 is 1.90. The minimum Gasteiger partial charge on any atom is -0.310 e. The largest absolute Gasteiger partial charge is 0.310 e. The number of thiophene rings is 1. The summed E-state index contributed by atoms with van der Waals surface area (Å²) in [5.41, 5.74) is 13.3. The molecule has 0 bridgehead atoms. The van der Waals surface area contributed by atoms with Crippen molar-refractivity contribution in [1.82, 2.24) is 0 Å². The molecule has 1 aromatic heterocycles. The van der Waals surface area contributed by atoms with Crippen LogP contribution in [0.5, 0.6) is 0 Å². The van der Waals surface area contributed by atoms with E-state index in [0.29, 0.717) is 0 Å². The predicted octanol–water partition coefficient (Wildman–Crippen LogP) is 14.7. The summed E-state index contributed by atoms with van der Waals surface area (Å²) in [6.45, 7) is 0. The molecule has 0 atom stereocenters. The summed E-state index contributed by atoms with van der Waals surface area (Å²) in [5.74, 6) is 0.